The maximum Gasteiger partial charge on any atom is 0.246 e. The number of unbranched alkanes of at least 4 members (excludes halogenated alkanes) is 5. The van der Waals surface area contributed by atoms with Gasteiger partial charge in [0, 0.05) is 12.6 Å². The summed E-state index contributed by atoms with van der Waals surface area (Å²) in [5, 5.41) is 0. The Kier molecular flexibility index (Phi) is 11.7. The van der Waals surface area contributed by atoms with Crippen LogP contribution in [0.15, 0.2) is 12.7 Å². The number of nitrogens with zero attached hydrogens (tertiary/aromatic N) is 1. The van der Waals surface area contributed by atoms with Crippen molar-refractivity contribution in [1.82, 2.24) is 4.90 Å². The van der Waals surface area contributed by atoms with Crippen LogP contribution >= 0.6 is 0 Å². The quantitative estimate of drug-likeness (QED) is 0.472. The average molecular weight is 267 g/mol. The van der Waals surface area contributed by atoms with Crippen LogP contribution in [-0.4, -0.2) is 23.4 Å². The number of rotatable bonds is 7. The van der Waals surface area contributed by atoms with E-state index in [4.69, 9.17) is 0 Å². The minimum atomic E-state index is 0.0920. The van der Waals surface area contributed by atoms with Gasteiger partial charge in [0.1, 0.15) is 0 Å². The fourth-order valence-corrected chi connectivity index (χ4v) is 2.52. The van der Waals surface area contributed by atoms with Crippen LogP contribution in [0.1, 0.15) is 78.6 Å². The number of hydrogen-bond acceptors (Lipinski definition) is 1. The van der Waals surface area contributed by atoms with Crippen molar-refractivity contribution in [3.05, 3.63) is 12.7 Å². The van der Waals surface area contributed by atoms with Gasteiger partial charge in [0.05, 0.1) is 0 Å². The molecule has 2 heteroatoms. The molecule has 1 heterocycles. The Hall–Kier alpha value is -0.790. The van der Waals surface area contributed by atoms with Gasteiger partial charge >= 0.3 is 0 Å². The standard InChI is InChI=1S/C9H15NO.C8H18/c1-3-8-6-5-7-10(8)9(11)4-2;1-3-5-7-8-6-4-2/h4,8H,2-3,5-7H2,1H3;3-8H2,1-2H3. The monoisotopic (exact) mass is 267 g/mol. The van der Waals surface area contributed by atoms with Crippen LogP contribution in [0.3, 0.4) is 0 Å². The van der Waals surface area contributed by atoms with Gasteiger partial charge in [0.15, 0.2) is 0 Å². The molecule has 1 unspecified atom stereocenters. The van der Waals surface area contributed by atoms with Crippen molar-refractivity contribution in [3.8, 4) is 0 Å². The second-order valence-corrected chi connectivity index (χ2v) is 5.35. The zero-order valence-corrected chi connectivity index (χ0v) is 13.3. The van der Waals surface area contributed by atoms with Gasteiger partial charge < -0.3 is 4.90 Å². The molecule has 1 amide bonds. The van der Waals surface area contributed by atoms with Crippen LogP contribution in [-0.2, 0) is 4.79 Å². The summed E-state index contributed by atoms with van der Waals surface area (Å²) in [6, 6.07) is 0.473. The highest BCUT2D eigenvalue weighted by molar-refractivity contribution is 5.87. The van der Waals surface area contributed by atoms with Crippen LogP contribution < -0.4 is 0 Å². The van der Waals surface area contributed by atoms with E-state index in [1.165, 1.54) is 44.6 Å². The second-order valence-electron chi connectivity index (χ2n) is 5.35. The lowest BCUT2D eigenvalue weighted by Crippen LogP contribution is -2.33. The molecule has 1 rings (SSSR count). The van der Waals surface area contributed by atoms with Crippen molar-refractivity contribution in [2.24, 2.45) is 0 Å². The number of carbonyl (C=O) groups is 1. The molecule has 0 spiro atoms. The van der Waals surface area contributed by atoms with Crippen LogP contribution in [0.2, 0.25) is 0 Å². The minimum Gasteiger partial charge on any atom is -0.336 e. The zero-order valence-electron chi connectivity index (χ0n) is 13.3. The first-order valence-electron chi connectivity index (χ1n) is 8.14. The molecular formula is C17H33NO. The van der Waals surface area contributed by atoms with Crippen LogP contribution in [0.25, 0.3) is 0 Å². The minimum absolute atomic E-state index is 0.0920. The molecule has 0 N–H and O–H groups in total. The first-order chi connectivity index (χ1) is 9.21. The molecule has 2 nitrogen and oxygen atoms in total. The Bertz CT molecular complexity index is 231. The first kappa shape index (κ1) is 18.2. The van der Waals surface area contributed by atoms with Gasteiger partial charge in [0.25, 0.3) is 0 Å². The zero-order chi connectivity index (χ0) is 14.5. The molecule has 0 bridgehead atoms. The van der Waals surface area contributed by atoms with E-state index in [0.29, 0.717) is 6.04 Å². The van der Waals surface area contributed by atoms with Crippen molar-refractivity contribution in [2.75, 3.05) is 6.54 Å². The highest BCUT2D eigenvalue weighted by Gasteiger charge is 2.24. The molecule has 1 fully saturated rings. The van der Waals surface area contributed by atoms with Gasteiger partial charge in [-0.05, 0) is 25.3 Å². The highest BCUT2D eigenvalue weighted by atomic mass is 16.2. The predicted octanol–water partition coefficient (Wildman–Crippen LogP) is 4.94. The second kappa shape index (κ2) is 12.3. The Morgan fingerprint density at radius 3 is 2.16 bits per heavy atom. The molecule has 0 aliphatic carbocycles. The molecule has 0 aromatic heterocycles. The Morgan fingerprint density at radius 2 is 1.74 bits per heavy atom. The summed E-state index contributed by atoms with van der Waals surface area (Å²) in [7, 11) is 0. The Labute approximate surface area is 120 Å². The third-order valence-electron chi connectivity index (χ3n) is 3.76. The summed E-state index contributed by atoms with van der Waals surface area (Å²) in [6.45, 7) is 11.0. The lowest BCUT2D eigenvalue weighted by atomic mass is 10.1. The van der Waals surface area contributed by atoms with Gasteiger partial charge in [-0.3, -0.25) is 4.79 Å². The van der Waals surface area contributed by atoms with Gasteiger partial charge in [-0.15, -0.1) is 0 Å². The average Bonchev–Trinajstić information content (AvgIpc) is 2.92. The molecule has 0 aromatic carbocycles. The molecular weight excluding hydrogens is 234 g/mol. The molecule has 0 radical (unpaired) electrons. The largest absolute Gasteiger partial charge is 0.336 e. The van der Waals surface area contributed by atoms with Gasteiger partial charge in [-0.25, -0.2) is 0 Å². The van der Waals surface area contributed by atoms with Crippen molar-refractivity contribution in [3.63, 3.8) is 0 Å². The summed E-state index contributed by atoms with van der Waals surface area (Å²) in [4.78, 5) is 13.1. The van der Waals surface area contributed by atoms with Crippen molar-refractivity contribution >= 4 is 5.91 Å². The SMILES string of the molecule is C=CC(=O)N1CCCC1CC.CCCCCCCC. The van der Waals surface area contributed by atoms with E-state index in [1.54, 1.807) is 0 Å². The molecule has 0 aromatic rings. The topological polar surface area (TPSA) is 20.3 Å². The molecule has 1 saturated heterocycles. The van der Waals surface area contributed by atoms with Gasteiger partial charge in [-0.1, -0.05) is 65.9 Å². The molecule has 0 saturated carbocycles. The Balaban J connectivity index is 0.000000362. The maximum absolute atomic E-state index is 11.2. The van der Waals surface area contributed by atoms with E-state index < -0.39 is 0 Å². The number of likely N-dealkylation sites (tertiary alicyclic amines) is 1. The Morgan fingerprint density at radius 1 is 1.16 bits per heavy atom. The van der Waals surface area contributed by atoms with E-state index in [2.05, 4.69) is 27.4 Å². The lowest BCUT2D eigenvalue weighted by Gasteiger charge is -2.21. The maximum atomic E-state index is 11.2. The predicted molar refractivity (Wildman–Crippen MR) is 84.3 cm³/mol. The number of carbonyl (C=O) groups excluding carboxylic acids is 1. The van der Waals surface area contributed by atoms with Crippen LogP contribution in [0, 0.1) is 0 Å². The van der Waals surface area contributed by atoms with Gasteiger partial charge in [-0.2, -0.15) is 0 Å². The third kappa shape index (κ3) is 8.07. The molecule has 19 heavy (non-hydrogen) atoms. The van der Waals surface area contributed by atoms with Crippen molar-refractivity contribution < 1.29 is 4.79 Å². The molecule has 1 atom stereocenters. The fourth-order valence-electron chi connectivity index (χ4n) is 2.52. The summed E-state index contributed by atoms with van der Waals surface area (Å²) in [5.41, 5.74) is 0. The van der Waals surface area contributed by atoms with E-state index in [0.717, 1.165) is 25.8 Å². The normalized spacial score (nSPS) is 17.8. The van der Waals surface area contributed by atoms with E-state index >= 15 is 0 Å². The molecule has 112 valence electrons. The van der Waals surface area contributed by atoms with Crippen LogP contribution in [0.5, 0.6) is 0 Å². The third-order valence-corrected chi connectivity index (χ3v) is 3.76. The number of amides is 1. The van der Waals surface area contributed by atoms with E-state index in [-0.39, 0.29) is 5.91 Å². The highest BCUT2D eigenvalue weighted by Crippen LogP contribution is 2.19. The molecule has 1 aliphatic rings. The summed E-state index contributed by atoms with van der Waals surface area (Å²) < 4.78 is 0. The summed E-state index contributed by atoms with van der Waals surface area (Å²) in [6.07, 6.45) is 13.3. The first-order valence-corrected chi connectivity index (χ1v) is 8.14. The number of hydrogen-bond donors (Lipinski definition) is 0. The van der Waals surface area contributed by atoms with Gasteiger partial charge in [0.2, 0.25) is 5.91 Å². The lowest BCUT2D eigenvalue weighted by molar-refractivity contribution is -0.126. The van der Waals surface area contributed by atoms with Crippen LogP contribution in [0.4, 0.5) is 0 Å². The summed E-state index contributed by atoms with van der Waals surface area (Å²) in [5.74, 6) is 0.0920. The fraction of sp³-hybridized carbons (Fsp3) is 0.824. The summed E-state index contributed by atoms with van der Waals surface area (Å²) >= 11 is 0. The van der Waals surface area contributed by atoms with E-state index in [9.17, 15) is 4.79 Å². The van der Waals surface area contributed by atoms with E-state index in [1.807, 2.05) is 4.90 Å². The van der Waals surface area contributed by atoms with Crippen molar-refractivity contribution in [1.29, 1.82) is 0 Å². The smallest absolute Gasteiger partial charge is 0.246 e. The molecule has 1 aliphatic heterocycles. The van der Waals surface area contributed by atoms with Crippen molar-refractivity contribution in [2.45, 2.75) is 84.6 Å².